The molecule has 0 fully saturated rings. The maximum absolute atomic E-state index is 12.1. The number of nitrogens with one attached hydrogen (secondary N) is 3. The number of hydrogen-bond acceptors (Lipinski definition) is 8. The van der Waals surface area contributed by atoms with Gasteiger partial charge in [0.1, 0.15) is 0 Å². The number of fused-ring (bicyclic) bond motifs is 1. The number of thioether (sulfide) groups is 1. The van der Waals surface area contributed by atoms with Crippen molar-refractivity contribution in [3.63, 3.8) is 0 Å². The smallest absolute Gasteiger partial charge is 0.325 e. The van der Waals surface area contributed by atoms with E-state index >= 15 is 0 Å². The van der Waals surface area contributed by atoms with Gasteiger partial charge in [0, 0.05) is 17.4 Å². The van der Waals surface area contributed by atoms with E-state index in [1.54, 1.807) is 30.3 Å². The first-order valence-electron chi connectivity index (χ1n) is 8.44. The molecule has 148 valence electrons. The Morgan fingerprint density at radius 2 is 1.79 bits per heavy atom. The first-order valence-corrected chi connectivity index (χ1v) is 10.2. The predicted octanol–water partition coefficient (Wildman–Crippen LogP) is 3.64. The Labute approximate surface area is 173 Å². The van der Waals surface area contributed by atoms with Crippen molar-refractivity contribution in [3.05, 3.63) is 48.5 Å². The van der Waals surface area contributed by atoms with Crippen LogP contribution in [0.3, 0.4) is 0 Å². The Morgan fingerprint density at radius 3 is 2.66 bits per heavy atom. The second-order valence-electron chi connectivity index (χ2n) is 5.72. The summed E-state index contributed by atoms with van der Waals surface area (Å²) in [7, 11) is 0. The second-order valence-corrected chi connectivity index (χ2v) is 7.92. The van der Waals surface area contributed by atoms with Gasteiger partial charge in [-0.3, -0.25) is 10.1 Å². The van der Waals surface area contributed by atoms with Crippen LogP contribution in [0.4, 0.5) is 21.3 Å². The molecule has 4 rings (SSSR count). The third-order valence-corrected chi connectivity index (χ3v) is 5.61. The number of urea groups is 1. The van der Waals surface area contributed by atoms with Crippen molar-refractivity contribution in [1.29, 1.82) is 0 Å². The summed E-state index contributed by atoms with van der Waals surface area (Å²) in [6.45, 7) is 0.180. The van der Waals surface area contributed by atoms with Crippen molar-refractivity contribution in [2.24, 2.45) is 0 Å². The van der Waals surface area contributed by atoms with Crippen LogP contribution in [0, 0.1) is 0 Å². The molecule has 2 aromatic carbocycles. The number of para-hydroxylation sites is 1. The Hall–Kier alpha value is -3.31. The Bertz CT molecular complexity index is 1030. The van der Waals surface area contributed by atoms with Crippen molar-refractivity contribution >= 4 is 51.5 Å². The van der Waals surface area contributed by atoms with Gasteiger partial charge in [0.25, 0.3) is 0 Å². The summed E-state index contributed by atoms with van der Waals surface area (Å²) in [6.07, 6.45) is 0. The standard InChI is InChI=1S/C18H15N5O4S2/c24-15(19-12-6-7-13-14(8-12)27-10-26-13)9-28-18-23-22-17(29-18)21-16(25)20-11-4-2-1-3-5-11/h1-8H,9-10H2,(H,19,24)(H2,20,21,22,25). The molecule has 1 aromatic heterocycles. The molecule has 0 spiro atoms. The van der Waals surface area contributed by atoms with E-state index in [0.717, 1.165) is 0 Å². The number of amides is 3. The van der Waals surface area contributed by atoms with E-state index in [1.807, 2.05) is 18.2 Å². The first kappa shape index (κ1) is 19.0. The molecule has 1 aliphatic heterocycles. The fourth-order valence-corrected chi connectivity index (χ4v) is 3.95. The van der Waals surface area contributed by atoms with Crippen LogP contribution >= 0.6 is 23.1 Å². The quantitative estimate of drug-likeness (QED) is 0.405. The largest absolute Gasteiger partial charge is 0.454 e. The van der Waals surface area contributed by atoms with Gasteiger partial charge in [-0.2, -0.15) is 0 Å². The molecular weight excluding hydrogens is 414 g/mol. The van der Waals surface area contributed by atoms with Gasteiger partial charge in [-0.25, -0.2) is 4.79 Å². The minimum absolute atomic E-state index is 0.152. The van der Waals surface area contributed by atoms with Crippen molar-refractivity contribution < 1.29 is 19.1 Å². The topological polar surface area (TPSA) is 114 Å². The van der Waals surface area contributed by atoms with Crippen LogP contribution in [-0.2, 0) is 4.79 Å². The molecule has 2 heterocycles. The Balaban J connectivity index is 1.24. The monoisotopic (exact) mass is 429 g/mol. The summed E-state index contributed by atoms with van der Waals surface area (Å²) in [6, 6.07) is 13.9. The zero-order valence-electron chi connectivity index (χ0n) is 14.9. The minimum Gasteiger partial charge on any atom is -0.454 e. The number of aromatic nitrogens is 2. The van der Waals surface area contributed by atoms with Gasteiger partial charge in [-0.05, 0) is 24.3 Å². The molecule has 9 nitrogen and oxygen atoms in total. The molecule has 3 amide bonds. The number of ether oxygens (including phenoxy) is 2. The van der Waals surface area contributed by atoms with E-state index in [-0.39, 0.29) is 18.5 Å². The maximum Gasteiger partial charge on any atom is 0.325 e. The number of hydrogen-bond donors (Lipinski definition) is 3. The van der Waals surface area contributed by atoms with Gasteiger partial charge in [0.05, 0.1) is 5.75 Å². The Kier molecular flexibility index (Phi) is 5.77. The lowest BCUT2D eigenvalue weighted by molar-refractivity contribution is -0.113. The molecule has 0 saturated carbocycles. The molecule has 0 radical (unpaired) electrons. The maximum atomic E-state index is 12.1. The molecule has 29 heavy (non-hydrogen) atoms. The van der Waals surface area contributed by atoms with Gasteiger partial charge in [0.2, 0.25) is 17.8 Å². The van der Waals surface area contributed by atoms with E-state index in [2.05, 4.69) is 26.1 Å². The van der Waals surface area contributed by atoms with E-state index in [0.29, 0.717) is 32.3 Å². The normalized spacial score (nSPS) is 11.7. The third kappa shape index (κ3) is 5.15. The minimum atomic E-state index is -0.413. The van der Waals surface area contributed by atoms with Crippen LogP contribution in [0.25, 0.3) is 0 Å². The number of carbonyl (C=O) groups excluding carboxylic acids is 2. The van der Waals surface area contributed by atoms with Gasteiger partial charge in [0.15, 0.2) is 15.8 Å². The second kappa shape index (κ2) is 8.80. The molecule has 0 unspecified atom stereocenters. The molecule has 1 aliphatic rings. The average molecular weight is 429 g/mol. The fourth-order valence-electron chi connectivity index (χ4n) is 2.40. The van der Waals surface area contributed by atoms with Crippen LogP contribution in [0.2, 0.25) is 0 Å². The number of nitrogens with zero attached hydrogens (tertiary/aromatic N) is 2. The summed E-state index contributed by atoms with van der Waals surface area (Å²) >= 11 is 2.42. The lowest BCUT2D eigenvalue weighted by atomic mass is 10.3. The highest BCUT2D eigenvalue weighted by Crippen LogP contribution is 2.34. The van der Waals surface area contributed by atoms with Crippen molar-refractivity contribution in [2.45, 2.75) is 4.34 Å². The summed E-state index contributed by atoms with van der Waals surface area (Å²) in [5.74, 6) is 1.21. The third-order valence-electron chi connectivity index (χ3n) is 3.64. The van der Waals surface area contributed by atoms with Crippen LogP contribution in [0.1, 0.15) is 0 Å². The van der Waals surface area contributed by atoms with E-state index in [4.69, 9.17) is 9.47 Å². The van der Waals surface area contributed by atoms with Crippen molar-refractivity contribution in [2.75, 3.05) is 28.5 Å². The zero-order chi connectivity index (χ0) is 20.1. The highest BCUT2D eigenvalue weighted by Gasteiger charge is 2.15. The molecule has 3 aromatic rings. The number of carbonyl (C=O) groups is 2. The molecule has 0 atom stereocenters. The molecule has 3 N–H and O–H groups in total. The van der Waals surface area contributed by atoms with Crippen LogP contribution in [0.5, 0.6) is 11.5 Å². The van der Waals surface area contributed by atoms with Gasteiger partial charge in [-0.1, -0.05) is 41.3 Å². The predicted molar refractivity (Wildman–Crippen MR) is 111 cm³/mol. The zero-order valence-corrected chi connectivity index (χ0v) is 16.5. The van der Waals surface area contributed by atoms with Crippen LogP contribution in [0.15, 0.2) is 52.9 Å². The summed E-state index contributed by atoms with van der Waals surface area (Å²) in [5, 5.41) is 16.3. The molecule has 11 heteroatoms. The van der Waals surface area contributed by atoms with Crippen LogP contribution in [-0.4, -0.2) is 34.7 Å². The van der Waals surface area contributed by atoms with Gasteiger partial charge < -0.3 is 20.1 Å². The van der Waals surface area contributed by atoms with Gasteiger partial charge >= 0.3 is 6.03 Å². The van der Waals surface area contributed by atoms with E-state index in [9.17, 15) is 9.59 Å². The highest BCUT2D eigenvalue weighted by atomic mass is 32.2. The van der Waals surface area contributed by atoms with E-state index in [1.165, 1.54) is 23.1 Å². The highest BCUT2D eigenvalue weighted by molar-refractivity contribution is 8.01. The lowest BCUT2D eigenvalue weighted by Crippen LogP contribution is -2.19. The van der Waals surface area contributed by atoms with Crippen molar-refractivity contribution in [1.82, 2.24) is 10.2 Å². The molecule has 0 bridgehead atoms. The lowest BCUT2D eigenvalue weighted by Gasteiger charge is -2.05. The number of anilines is 3. The number of benzene rings is 2. The molecule has 0 aliphatic carbocycles. The summed E-state index contributed by atoms with van der Waals surface area (Å²) < 4.78 is 11.1. The SMILES string of the molecule is O=C(CSc1nnc(NC(=O)Nc2ccccc2)s1)Nc1ccc2c(c1)OCO2. The summed E-state index contributed by atoms with van der Waals surface area (Å²) in [5.41, 5.74) is 1.29. The van der Waals surface area contributed by atoms with Crippen LogP contribution < -0.4 is 25.4 Å². The molecular formula is C18H15N5O4S2. The van der Waals surface area contributed by atoms with E-state index < -0.39 is 6.03 Å². The first-order chi connectivity index (χ1) is 14.2. The average Bonchev–Trinajstić information content (AvgIpc) is 3.36. The number of rotatable bonds is 6. The fraction of sp³-hybridized carbons (Fsp3) is 0.111. The molecule has 0 saturated heterocycles. The van der Waals surface area contributed by atoms with Gasteiger partial charge in [-0.15, -0.1) is 10.2 Å². The summed E-state index contributed by atoms with van der Waals surface area (Å²) in [4.78, 5) is 24.1. The van der Waals surface area contributed by atoms with Crippen molar-refractivity contribution in [3.8, 4) is 11.5 Å². The Morgan fingerprint density at radius 1 is 0.966 bits per heavy atom.